The van der Waals surface area contributed by atoms with E-state index in [0.29, 0.717) is 39.9 Å². The van der Waals surface area contributed by atoms with Crippen LogP contribution in [0.3, 0.4) is 0 Å². The van der Waals surface area contributed by atoms with Gasteiger partial charge in [0.25, 0.3) is 6.43 Å². The summed E-state index contributed by atoms with van der Waals surface area (Å²) in [6.45, 7) is 3.66. The molecular weight excluding hydrogens is 544 g/mol. The lowest BCUT2D eigenvalue weighted by atomic mass is 10.00. The number of aromatic nitrogens is 5. The number of alkyl halides is 2. The van der Waals surface area contributed by atoms with Crippen molar-refractivity contribution >= 4 is 21.4 Å². The average molecular weight is 568 g/mol. The lowest BCUT2D eigenvalue weighted by Crippen LogP contribution is -2.06. The minimum absolute atomic E-state index is 0.0113. The molecule has 5 rings (SSSR count). The monoisotopic (exact) mass is 567 g/mol. The smallest absolute Gasteiger partial charge is 0.281 e. The molecule has 0 amide bonds. The van der Waals surface area contributed by atoms with Gasteiger partial charge in [-0.3, -0.25) is 0 Å². The predicted octanol–water partition coefficient (Wildman–Crippen LogP) is 6.54. The molecule has 39 heavy (non-hydrogen) atoms. The van der Waals surface area contributed by atoms with Crippen molar-refractivity contribution in [3.05, 3.63) is 101 Å². The van der Waals surface area contributed by atoms with Crippen molar-refractivity contribution in [1.29, 1.82) is 0 Å². The van der Waals surface area contributed by atoms with Gasteiger partial charge in [0, 0.05) is 16.8 Å². The Hall–Kier alpha value is -3.89. The largest absolute Gasteiger partial charge is 0.303 e. The Morgan fingerprint density at radius 1 is 1.00 bits per heavy atom. The maximum atomic E-state index is 13.5. The molecule has 0 unspecified atom stereocenters. The van der Waals surface area contributed by atoms with E-state index < -0.39 is 16.3 Å². The van der Waals surface area contributed by atoms with Crippen molar-refractivity contribution < 1.29 is 17.2 Å². The van der Waals surface area contributed by atoms with Crippen LogP contribution in [-0.4, -0.2) is 38.7 Å². The molecule has 0 atom stereocenters. The van der Waals surface area contributed by atoms with Crippen LogP contribution in [-0.2, 0) is 16.4 Å². The number of imidazole rings is 1. The van der Waals surface area contributed by atoms with Crippen molar-refractivity contribution in [2.45, 2.75) is 31.7 Å². The van der Waals surface area contributed by atoms with Gasteiger partial charge in [-0.25, -0.2) is 26.9 Å². The molecule has 200 valence electrons. The van der Waals surface area contributed by atoms with Crippen LogP contribution in [0.4, 0.5) is 8.78 Å². The molecule has 0 fully saturated rings. The summed E-state index contributed by atoms with van der Waals surface area (Å²) < 4.78 is 55.3. The SMILES string of the molecule is CCS(=O)(=O)c1cccc(-c2ccc(-n3cc(C(F)F)nc3C)c(-c3cnnn3Cc3ccc(Cl)cc3)c2)c1. The highest BCUT2D eigenvalue weighted by atomic mass is 35.5. The van der Waals surface area contributed by atoms with Crippen LogP contribution in [0.5, 0.6) is 0 Å². The fourth-order valence-corrected chi connectivity index (χ4v) is 5.41. The third-order valence-corrected chi connectivity index (χ3v) is 8.41. The molecule has 0 N–H and O–H groups in total. The second kappa shape index (κ2) is 10.7. The van der Waals surface area contributed by atoms with Crippen molar-refractivity contribution in [2.75, 3.05) is 5.75 Å². The molecule has 2 heterocycles. The van der Waals surface area contributed by atoms with E-state index in [1.165, 1.54) is 6.20 Å². The quantitative estimate of drug-likeness (QED) is 0.213. The summed E-state index contributed by atoms with van der Waals surface area (Å²) in [5.41, 5.74) is 3.97. The Morgan fingerprint density at radius 2 is 1.74 bits per heavy atom. The highest BCUT2D eigenvalue weighted by Crippen LogP contribution is 2.34. The van der Waals surface area contributed by atoms with Crippen molar-refractivity contribution in [3.63, 3.8) is 0 Å². The molecule has 0 aliphatic carbocycles. The van der Waals surface area contributed by atoms with Crippen LogP contribution in [0.15, 0.2) is 84.0 Å². The van der Waals surface area contributed by atoms with Crippen LogP contribution in [0.25, 0.3) is 28.1 Å². The Bertz CT molecular complexity index is 1750. The molecule has 0 radical (unpaired) electrons. The highest BCUT2D eigenvalue weighted by molar-refractivity contribution is 7.91. The first-order valence-corrected chi connectivity index (χ1v) is 14.1. The molecule has 3 aromatic carbocycles. The fraction of sp³-hybridized carbons (Fsp3) is 0.179. The second-order valence-electron chi connectivity index (χ2n) is 8.95. The normalized spacial score (nSPS) is 11.8. The zero-order chi connectivity index (χ0) is 27.7. The lowest BCUT2D eigenvalue weighted by Gasteiger charge is -2.16. The molecule has 7 nitrogen and oxygen atoms in total. The number of aryl methyl sites for hydroxylation is 1. The summed E-state index contributed by atoms with van der Waals surface area (Å²) in [4.78, 5) is 4.26. The molecule has 0 aliphatic rings. The number of rotatable bonds is 8. The molecule has 0 bridgehead atoms. The van der Waals surface area contributed by atoms with E-state index in [1.807, 2.05) is 30.3 Å². The predicted molar refractivity (Wildman–Crippen MR) is 146 cm³/mol. The Labute approximate surface area is 229 Å². The van der Waals surface area contributed by atoms with Crippen LogP contribution in [0.2, 0.25) is 5.02 Å². The molecule has 0 aliphatic heterocycles. The molecule has 2 aromatic heterocycles. The summed E-state index contributed by atoms with van der Waals surface area (Å²) in [5.74, 6) is 0.384. The highest BCUT2D eigenvalue weighted by Gasteiger charge is 2.20. The van der Waals surface area contributed by atoms with Gasteiger partial charge in [-0.1, -0.05) is 54.1 Å². The van der Waals surface area contributed by atoms with Gasteiger partial charge in [0.05, 0.1) is 34.8 Å². The summed E-state index contributed by atoms with van der Waals surface area (Å²) >= 11 is 6.04. The maximum absolute atomic E-state index is 13.5. The van der Waals surface area contributed by atoms with E-state index in [4.69, 9.17) is 11.6 Å². The molecule has 5 aromatic rings. The van der Waals surface area contributed by atoms with Crippen molar-refractivity contribution in [1.82, 2.24) is 24.5 Å². The summed E-state index contributed by atoms with van der Waals surface area (Å²) in [5, 5.41) is 9.01. The minimum atomic E-state index is -3.41. The number of hydrogen-bond acceptors (Lipinski definition) is 5. The molecular formula is C28H24ClF2N5O2S. The Kier molecular flexibility index (Phi) is 7.33. The Balaban J connectivity index is 1.67. The van der Waals surface area contributed by atoms with Gasteiger partial charge in [-0.15, -0.1) is 5.10 Å². The minimum Gasteiger partial charge on any atom is -0.303 e. The number of sulfone groups is 1. The zero-order valence-electron chi connectivity index (χ0n) is 21.1. The molecule has 0 saturated carbocycles. The van der Waals surface area contributed by atoms with Crippen LogP contribution in [0.1, 0.15) is 30.4 Å². The van der Waals surface area contributed by atoms with E-state index in [1.54, 1.807) is 65.7 Å². The van der Waals surface area contributed by atoms with E-state index in [2.05, 4.69) is 15.3 Å². The van der Waals surface area contributed by atoms with E-state index >= 15 is 0 Å². The van der Waals surface area contributed by atoms with E-state index in [0.717, 1.165) is 11.1 Å². The number of halogens is 3. The first-order valence-electron chi connectivity index (χ1n) is 12.1. The van der Waals surface area contributed by atoms with Crippen LogP contribution >= 0.6 is 11.6 Å². The van der Waals surface area contributed by atoms with Crippen molar-refractivity contribution in [3.8, 4) is 28.1 Å². The van der Waals surface area contributed by atoms with Gasteiger partial charge in [-0.05, 0) is 60.0 Å². The number of nitrogens with zero attached hydrogens (tertiary/aromatic N) is 5. The van der Waals surface area contributed by atoms with Crippen LogP contribution in [0, 0.1) is 6.92 Å². The third kappa shape index (κ3) is 5.48. The van der Waals surface area contributed by atoms with E-state index in [9.17, 15) is 17.2 Å². The zero-order valence-corrected chi connectivity index (χ0v) is 22.7. The van der Waals surface area contributed by atoms with Crippen molar-refractivity contribution in [2.24, 2.45) is 0 Å². The Morgan fingerprint density at radius 3 is 2.44 bits per heavy atom. The third-order valence-electron chi connectivity index (χ3n) is 6.43. The van der Waals surface area contributed by atoms with E-state index in [-0.39, 0.29) is 16.3 Å². The fourth-order valence-electron chi connectivity index (χ4n) is 4.36. The van der Waals surface area contributed by atoms with Gasteiger partial charge in [0.15, 0.2) is 9.84 Å². The standard InChI is InChI=1S/C28H24ClF2N5O2S/c1-3-39(37,38)23-6-4-5-20(13-23)21-9-12-26(35-17-25(28(30)31)33-18(35)2)24(14-21)27-15-32-34-36(27)16-19-7-10-22(29)11-8-19/h4-15,17,28H,3,16H2,1-2H3. The van der Waals surface area contributed by atoms with Gasteiger partial charge in [-0.2, -0.15) is 0 Å². The average Bonchev–Trinajstić information content (AvgIpc) is 3.56. The summed E-state index contributed by atoms with van der Waals surface area (Å²) in [7, 11) is -3.41. The first kappa shape index (κ1) is 26.7. The van der Waals surface area contributed by atoms with Crippen LogP contribution < -0.4 is 0 Å². The maximum Gasteiger partial charge on any atom is 0.281 e. The summed E-state index contributed by atoms with van der Waals surface area (Å²) in [6, 6.07) is 19.6. The van der Waals surface area contributed by atoms with Gasteiger partial charge < -0.3 is 4.57 Å². The topological polar surface area (TPSA) is 82.7 Å². The molecule has 0 saturated heterocycles. The van der Waals surface area contributed by atoms with Gasteiger partial charge >= 0.3 is 0 Å². The van der Waals surface area contributed by atoms with Gasteiger partial charge in [0.2, 0.25) is 0 Å². The van der Waals surface area contributed by atoms with Gasteiger partial charge in [0.1, 0.15) is 11.5 Å². The first-order chi connectivity index (χ1) is 18.7. The number of hydrogen-bond donors (Lipinski definition) is 0. The lowest BCUT2D eigenvalue weighted by molar-refractivity contribution is 0.146. The summed E-state index contributed by atoms with van der Waals surface area (Å²) in [6.07, 6.45) is 0.213. The molecule has 11 heteroatoms. The second-order valence-corrected chi connectivity index (χ2v) is 11.7. The number of benzene rings is 3. The molecule has 0 spiro atoms.